The fourth-order valence-electron chi connectivity index (χ4n) is 3.46. The average Bonchev–Trinajstić information content (AvgIpc) is 3.20. The van der Waals surface area contributed by atoms with E-state index < -0.39 is 0 Å². The second-order valence-electron chi connectivity index (χ2n) is 6.58. The molecule has 0 aliphatic carbocycles. The Labute approximate surface area is 171 Å². The number of para-hydroxylation sites is 2. The third kappa shape index (κ3) is 2.94. The van der Waals surface area contributed by atoms with Crippen LogP contribution in [-0.4, -0.2) is 19.2 Å². The van der Waals surface area contributed by atoms with Crippen molar-refractivity contribution in [2.24, 2.45) is 0 Å². The number of nitrogens with zero attached hydrogens (tertiary/aromatic N) is 4. The Bertz CT molecular complexity index is 1370. The van der Waals surface area contributed by atoms with Gasteiger partial charge in [-0.05, 0) is 48.5 Å². The van der Waals surface area contributed by atoms with E-state index in [0.717, 1.165) is 16.9 Å². The Morgan fingerprint density at radius 3 is 2.28 bits per heavy atom. The lowest BCUT2D eigenvalue weighted by Crippen LogP contribution is -2.22. The molecule has 0 aliphatic heterocycles. The molecule has 0 amide bonds. The van der Waals surface area contributed by atoms with E-state index in [0.29, 0.717) is 22.7 Å². The lowest BCUT2D eigenvalue weighted by atomic mass is 10.2. The summed E-state index contributed by atoms with van der Waals surface area (Å²) in [5, 5.41) is 12.3. The predicted molar refractivity (Wildman–Crippen MR) is 115 cm³/mol. The van der Waals surface area contributed by atoms with Gasteiger partial charge in [0.1, 0.15) is 0 Å². The summed E-state index contributed by atoms with van der Waals surface area (Å²) in [4.78, 5) is 13.2. The van der Waals surface area contributed by atoms with E-state index in [1.54, 1.807) is 10.6 Å². The van der Waals surface area contributed by atoms with Crippen molar-refractivity contribution in [3.05, 3.63) is 95.0 Å². The molecule has 142 valence electrons. The molecule has 0 saturated heterocycles. The lowest BCUT2D eigenvalue weighted by Gasteiger charge is -2.12. The molecule has 0 saturated carbocycles. The standard InChI is InChI=1S/C22H16ClN5O/c23-14-20-25-26-22-27(21(29)18-8-4-5-9-19(18)28(20)22)17-12-10-16(11-13-17)24-15-6-2-1-3-7-15/h1-13,24H,14H2. The zero-order chi connectivity index (χ0) is 19.8. The van der Waals surface area contributed by atoms with Crippen LogP contribution in [0.4, 0.5) is 11.4 Å². The first kappa shape index (κ1) is 17.5. The van der Waals surface area contributed by atoms with Crippen molar-refractivity contribution in [2.45, 2.75) is 5.88 Å². The number of hydrogen-bond acceptors (Lipinski definition) is 4. The molecule has 0 radical (unpaired) electrons. The summed E-state index contributed by atoms with van der Waals surface area (Å²) < 4.78 is 3.40. The summed E-state index contributed by atoms with van der Waals surface area (Å²) in [6.45, 7) is 0. The van der Waals surface area contributed by atoms with Crippen LogP contribution in [0.2, 0.25) is 0 Å². The van der Waals surface area contributed by atoms with Gasteiger partial charge in [-0.1, -0.05) is 30.3 Å². The van der Waals surface area contributed by atoms with Crippen LogP contribution < -0.4 is 10.9 Å². The van der Waals surface area contributed by atoms with Gasteiger partial charge < -0.3 is 5.32 Å². The molecule has 5 aromatic rings. The fraction of sp³-hybridized carbons (Fsp3) is 0.0455. The monoisotopic (exact) mass is 401 g/mol. The molecule has 0 unspecified atom stereocenters. The minimum Gasteiger partial charge on any atom is -0.356 e. The Morgan fingerprint density at radius 1 is 0.828 bits per heavy atom. The largest absolute Gasteiger partial charge is 0.356 e. The SMILES string of the molecule is O=c1c2ccccc2n2c(CCl)nnc2n1-c1ccc(Nc2ccccc2)cc1. The quantitative estimate of drug-likeness (QED) is 0.450. The summed E-state index contributed by atoms with van der Waals surface area (Å²) in [5.74, 6) is 1.23. The fourth-order valence-corrected chi connectivity index (χ4v) is 3.63. The Hall–Kier alpha value is -3.64. The third-order valence-electron chi connectivity index (χ3n) is 4.80. The molecule has 0 aliphatic rings. The molecule has 7 heteroatoms. The Kier molecular flexibility index (Phi) is 4.26. The van der Waals surface area contributed by atoms with Gasteiger partial charge in [-0.2, -0.15) is 0 Å². The predicted octanol–water partition coefficient (Wildman–Crippen LogP) is 4.52. The lowest BCUT2D eigenvalue weighted by molar-refractivity contribution is 0.963. The zero-order valence-electron chi connectivity index (χ0n) is 15.3. The van der Waals surface area contributed by atoms with Gasteiger partial charge in [-0.15, -0.1) is 21.8 Å². The number of hydrogen-bond donors (Lipinski definition) is 1. The Morgan fingerprint density at radius 2 is 1.52 bits per heavy atom. The molecule has 0 atom stereocenters. The topological polar surface area (TPSA) is 64.2 Å². The van der Waals surface area contributed by atoms with Crippen molar-refractivity contribution in [3.63, 3.8) is 0 Å². The molecule has 0 bridgehead atoms. The van der Waals surface area contributed by atoms with Gasteiger partial charge in [0.25, 0.3) is 5.56 Å². The first-order valence-electron chi connectivity index (χ1n) is 9.12. The molecule has 2 aromatic heterocycles. The maximum absolute atomic E-state index is 13.2. The van der Waals surface area contributed by atoms with E-state index in [1.807, 2.05) is 77.2 Å². The smallest absolute Gasteiger partial charge is 0.267 e. The summed E-state index contributed by atoms with van der Waals surface area (Å²) in [6, 6.07) is 24.9. The van der Waals surface area contributed by atoms with E-state index in [9.17, 15) is 4.79 Å². The van der Waals surface area contributed by atoms with E-state index in [1.165, 1.54) is 0 Å². The highest BCUT2D eigenvalue weighted by Gasteiger charge is 2.16. The van der Waals surface area contributed by atoms with Crippen LogP contribution in [0.25, 0.3) is 22.4 Å². The van der Waals surface area contributed by atoms with Gasteiger partial charge in [-0.25, -0.2) is 4.57 Å². The van der Waals surface area contributed by atoms with Crippen molar-refractivity contribution in [2.75, 3.05) is 5.32 Å². The molecule has 2 heterocycles. The number of rotatable bonds is 4. The summed E-state index contributed by atoms with van der Waals surface area (Å²) >= 11 is 6.06. The number of aromatic nitrogens is 4. The van der Waals surface area contributed by atoms with E-state index in [-0.39, 0.29) is 11.4 Å². The molecule has 6 nitrogen and oxygen atoms in total. The van der Waals surface area contributed by atoms with Crippen molar-refractivity contribution >= 4 is 39.7 Å². The van der Waals surface area contributed by atoms with Crippen molar-refractivity contribution in [1.82, 2.24) is 19.2 Å². The molecular weight excluding hydrogens is 386 g/mol. The normalized spacial score (nSPS) is 11.2. The van der Waals surface area contributed by atoms with Gasteiger partial charge in [0, 0.05) is 11.4 Å². The average molecular weight is 402 g/mol. The van der Waals surface area contributed by atoms with Gasteiger partial charge in [0.2, 0.25) is 5.78 Å². The maximum atomic E-state index is 13.2. The van der Waals surface area contributed by atoms with E-state index >= 15 is 0 Å². The highest BCUT2D eigenvalue weighted by atomic mass is 35.5. The number of alkyl halides is 1. The number of anilines is 2. The summed E-state index contributed by atoms with van der Waals surface area (Å²) in [6.07, 6.45) is 0. The van der Waals surface area contributed by atoms with Crippen molar-refractivity contribution < 1.29 is 0 Å². The molecule has 3 aromatic carbocycles. The van der Waals surface area contributed by atoms with Gasteiger partial charge in [0.15, 0.2) is 5.82 Å². The van der Waals surface area contributed by atoms with Crippen LogP contribution in [0.1, 0.15) is 5.82 Å². The van der Waals surface area contributed by atoms with Gasteiger partial charge >= 0.3 is 0 Å². The van der Waals surface area contributed by atoms with Crippen LogP contribution in [-0.2, 0) is 5.88 Å². The van der Waals surface area contributed by atoms with E-state index in [2.05, 4.69) is 15.5 Å². The Balaban J connectivity index is 1.67. The van der Waals surface area contributed by atoms with Crippen LogP contribution in [0.5, 0.6) is 0 Å². The van der Waals surface area contributed by atoms with Crippen molar-refractivity contribution in [3.8, 4) is 5.69 Å². The molecule has 1 N–H and O–H groups in total. The minimum atomic E-state index is -0.148. The van der Waals surface area contributed by atoms with Crippen LogP contribution in [0.3, 0.4) is 0 Å². The second-order valence-corrected chi connectivity index (χ2v) is 6.85. The summed E-state index contributed by atoms with van der Waals surface area (Å²) in [5.41, 5.74) is 3.22. The van der Waals surface area contributed by atoms with Gasteiger partial charge in [-0.3, -0.25) is 9.20 Å². The van der Waals surface area contributed by atoms with Crippen LogP contribution >= 0.6 is 11.6 Å². The molecule has 0 fully saturated rings. The van der Waals surface area contributed by atoms with Crippen molar-refractivity contribution in [1.29, 1.82) is 0 Å². The van der Waals surface area contributed by atoms with Gasteiger partial charge in [0.05, 0.1) is 22.5 Å². The first-order chi connectivity index (χ1) is 14.3. The first-order valence-corrected chi connectivity index (χ1v) is 9.66. The molecule has 0 spiro atoms. The minimum absolute atomic E-state index is 0.148. The highest BCUT2D eigenvalue weighted by Crippen LogP contribution is 2.21. The van der Waals surface area contributed by atoms with Crippen LogP contribution in [0, 0.1) is 0 Å². The van der Waals surface area contributed by atoms with Crippen LogP contribution in [0.15, 0.2) is 83.7 Å². The number of benzene rings is 3. The maximum Gasteiger partial charge on any atom is 0.267 e. The highest BCUT2D eigenvalue weighted by molar-refractivity contribution is 6.16. The third-order valence-corrected chi connectivity index (χ3v) is 5.04. The number of fused-ring (bicyclic) bond motifs is 3. The van der Waals surface area contributed by atoms with E-state index in [4.69, 9.17) is 11.6 Å². The summed E-state index contributed by atoms with van der Waals surface area (Å²) in [7, 11) is 0. The molecular formula is C22H16ClN5O. The number of nitrogens with one attached hydrogen (secondary N) is 1. The molecule has 5 rings (SSSR count). The second kappa shape index (κ2) is 7.07. The number of halogens is 1. The molecule has 29 heavy (non-hydrogen) atoms. The zero-order valence-corrected chi connectivity index (χ0v) is 16.0.